The summed E-state index contributed by atoms with van der Waals surface area (Å²) in [7, 11) is 0. The summed E-state index contributed by atoms with van der Waals surface area (Å²) in [6.45, 7) is 3.49. The maximum Gasteiger partial charge on any atom is 0.234 e. The van der Waals surface area contributed by atoms with E-state index in [0.717, 1.165) is 13.0 Å². The largest absolute Gasteiger partial charge is 0.282 e. The Morgan fingerprint density at radius 3 is 2.62 bits per heavy atom. The number of rotatable bonds is 4. The third-order valence-corrected chi connectivity index (χ3v) is 3.65. The molecule has 0 aliphatic carbocycles. The van der Waals surface area contributed by atoms with E-state index in [4.69, 9.17) is 0 Å². The third kappa shape index (κ3) is 2.29. The summed E-state index contributed by atoms with van der Waals surface area (Å²) in [4.78, 5) is 24.1. The summed E-state index contributed by atoms with van der Waals surface area (Å²) < 4.78 is 2.15. The van der Waals surface area contributed by atoms with Gasteiger partial charge in [-0.05, 0) is 0 Å². The number of likely N-dealkylation sites (tertiary alicyclic amines) is 1. The Bertz CT molecular complexity index is 398. The van der Waals surface area contributed by atoms with Gasteiger partial charge in [-0.15, -0.1) is 0 Å². The lowest BCUT2D eigenvalue weighted by Gasteiger charge is -2.11. The Morgan fingerprint density at radius 1 is 1.38 bits per heavy atom. The van der Waals surface area contributed by atoms with Crippen LogP contribution in [-0.2, 0) is 16.1 Å². The number of hydrogen-bond acceptors (Lipinski definition) is 3. The zero-order valence-corrected chi connectivity index (χ0v) is 10.1. The zero-order chi connectivity index (χ0) is 11.5. The van der Waals surface area contributed by atoms with E-state index in [1.54, 1.807) is 11.3 Å². The molecule has 4 nitrogen and oxygen atoms in total. The molecule has 0 bridgehead atoms. The van der Waals surface area contributed by atoms with Crippen LogP contribution in [0.5, 0.6) is 0 Å². The van der Waals surface area contributed by atoms with Gasteiger partial charge >= 0.3 is 0 Å². The number of aryl methyl sites for hydroxylation is 2. The molecular weight excluding hydrogens is 224 g/mol. The first-order valence-corrected chi connectivity index (χ1v) is 6.33. The fourth-order valence-corrected chi connectivity index (χ4v) is 2.57. The van der Waals surface area contributed by atoms with E-state index in [9.17, 15) is 9.59 Å². The van der Waals surface area contributed by atoms with Gasteiger partial charge in [-0.25, -0.2) is 0 Å². The highest BCUT2D eigenvalue weighted by molar-refractivity contribution is 7.09. The molecule has 0 radical (unpaired) electrons. The van der Waals surface area contributed by atoms with E-state index >= 15 is 0 Å². The second kappa shape index (κ2) is 4.74. The maximum absolute atomic E-state index is 11.3. The first kappa shape index (κ1) is 11.3. The van der Waals surface area contributed by atoms with Crippen LogP contribution >= 0.6 is 11.3 Å². The van der Waals surface area contributed by atoms with E-state index in [2.05, 4.69) is 11.5 Å². The van der Waals surface area contributed by atoms with Crippen LogP contribution in [0.25, 0.3) is 0 Å². The molecule has 1 aliphatic rings. The van der Waals surface area contributed by atoms with Crippen LogP contribution in [0, 0.1) is 6.92 Å². The maximum atomic E-state index is 11.3. The average Bonchev–Trinajstić information content (AvgIpc) is 2.79. The Hall–Kier alpha value is -1.23. The van der Waals surface area contributed by atoms with Crippen molar-refractivity contribution < 1.29 is 14.2 Å². The van der Waals surface area contributed by atoms with E-state index in [1.807, 2.05) is 11.6 Å². The molecular formula is C11H15N2O2S+. The molecule has 5 heteroatoms. The number of amides is 2. The Balaban J connectivity index is 1.82. The molecule has 2 heterocycles. The van der Waals surface area contributed by atoms with Crippen molar-refractivity contribution in [1.82, 2.24) is 4.90 Å². The Kier molecular flexibility index (Phi) is 3.33. The molecule has 0 aromatic carbocycles. The van der Waals surface area contributed by atoms with Gasteiger partial charge in [0.05, 0.1) is 5.38 Å². The van der Waals surface area contributed by atoms with Crippen LogP contribution in [0.4, 0.5) is 0 Å². The molecule has 0 N–H and O–H groups in total. The lowest BCUT2D eigenvalue weighted by Crippen LogP contribution is -2.37. The predicted octanol–water partition coefficient (Wildman–Crippen LogP) is 0.883. The van der Waals surface area contributed by atoms with Crippen LogP contribution in [0.15, 0.2) is 11.6 Å². The average molecular weight is 239 g/mol. The van der Waals surface area contributed by atoms with E-state index in [-0.39, 0.29) is 11.8 Å². The highest BCUT2D eigenvalue weighted by Crippen LogP contribution is 2.11. The Labute approximate surface area is 98.5 Å². The molecule has 0 saturated carbocycles. The highest BCUT2D eigenvalue weighted by Gasteiger charge is 2.28. The van der Waals surface area contributed by atoms with Gasteiger partial charge in [-0.1, -0.05) is 11.3 Å². The summed E-state index contributed by atoms with van der Waals surface area (Å²) in [6, 6.07) is 0. The van der Waals surface area contributed by atoms with Crippen molar-refractivity contribution in [2.45, 2.75) is 32.7 Å². The third-order valence-electron chi connectivity index (χ3n) is 2.82. The minimum absolute atomic E-state index is 0.0166. The molecule has 1 aliphatic heterocycles. The van der Waals surface area contributed by atoms with Crippen molar-refractivity contribution in [2.24, 2.45) is 0 Å². The number of imide groups is 1. The molecule has 86 valence electrons. The normalized spacial score (nSPS) is 16.2. The predicted molar refractivity (Wildman–Crippen MR) is 59.8 cm³/mol. The molecule has 1 saturated heterocycles. The molecule has 0 spiro atoms. The molecule has 2 rings (SSSR count). The van der Waals surface area contributed by atoms with Gasteiger partial charge in [0.15, 0.2) is 12.7 Å². The number of carbonyl (C=O) groups excluding carboxylic acids is 2. The molecule has 2 amide bonds. The zero-order valence-electron chi connectivity index (χ0n) is 9.31. The van der Waals surface area contributed by atoms with Crippen molar-refractivity contribution >= 4 is 23.2 Å². The van der Waals surface area contributed by atoms with Crippen LogP contribution < -0.4 is 4.57 Å². The van der Waals surface area contributed by atoms with E-state index < -0.39 is 0 Å². The van der Waals surface area contributed by atoms with Crippen LogP contribution in [0.3, 0.4) is 0 Å². The second-order valence-electron chi connectivity index (χ2n) is 3.91. The molecule has 16 heavy (non-hydrogen) atoms. The second-order valence-corrected chi connectivity index (χ2v) is 5.01. The van der Waals surface area contributed by atoms with Crippen molar-refractivity contribution in [3.05, 3.63) is 16.6 Å². The summed E-state index contributed by atoms with van der Waals surface area (Å²) in [6.07, 6.45) is 3.65. The van der Waals surface area contributed by atoms with Gasteiger partial charge < -0.3 is 0 Å². The molecule has 1 fully saturated rings. The number of aromatic nitrogens is 1. The monoisotopic (exact) mass is 239 g/mol. The van der Waals surface area contributed by atoms with Gasteiger partial charge in [0.2, 0.25) is 16.8 Å². The van der Waals surface area contributed by atoms with E-state index in [0.29, 0.717) is 19.4 Å². The first-order chi connectivity index (χ1) is 7.68. The fourth-order valence-electron chi connectivity index (χ4n) is 1.88. The summed E-state index contributed by atoms with van der Waals surface area (Å²) in [5, 5.41) is 3.29. The minimum atomic E-state index is -0.0166. The number of thiazole rings is 1. The summed E-state index contributed by atoms with van der Waals surface area (Å²) in [5.74, 6) is -0.0333. The number of nitrogens with zero attached hydrogens (tertiary/aromatic N) is 2. The molecule has 0 unspecified atom stereocenters. The summed E-state index contributed by atoms with van der Waals surface area (Å²) in [5.41, 5.74) is 0. The van der Waals surface area contributed by atoms with Crippen molar-refractivity contribution in [3.63, 3.8) is 0 Å². The lowest BCUT2D eigenvalue weighted by atomic mass is 10.4. The van der Waals surface area contributed by atoms with Crippen molar-refractivity contribution in [3.8, 4) is 0 Å². The van der Waals surface area contributed by atoms with Crippen LogP contribution in [0.2, 0.25) is 0 Å². The lowest BCUT2D eigenvalue weighted by molar-refractivity contribution is -0.698. The smallest absolute Gasteiger partial charge is 0.234 e. The number of carbonyl (C=O) groups is 2. The topological polar surface area (TPSA) is 41.3 Å². The van der Waals surface area contributed by atoms with Gasteiger partial charge in [-0.2, -0.15) is 4.57 Å². The fraction of sp³-hybridized carbons (Fsp3) is 0.545. The first-order valence-electron chi connectivity index (χ1n) is 5.45. The van der Waals surface area contributed by atoms with Crippen molar-refractivity contribution in [2.75, 3.05) is 6.54 Å². The van der Waals surface area contributed by atoms with Crippen LogP contribution in [0.1, 0.15) is 24.3 Å². The van der Waals surface area contributed by atoms with E-state index in [1.165, 1.54) is 9.91 Å². The van der Waals surface area contributed by atoms with Gasteiger partial charge in [0, 0.05) is 32.7 Å². The molecule has 1 aromatic rings. The highest BCUT2D eigenvalue weighted by atomic mass is 32.1. The number of hydrogen-bond donors (Lipinski definition) is 0. The van der Waals surface area contributed by atoms with Gasteiger partial charge in [-0.3, -0.25) is 14.5 Å². The standard InChI is InChI=1S/C11H15N2O2S/c1-9-12(7-8-16-9)5-2-6-13-10(14)3-4-11(13)15/h7-8H,2-6H2,1H3/q+1. The SMILES string of the molecule is Cc1scc[n+]1CCCN1C(=O)CCC1=O. The van der Waals surface area contributed by atoms with Gasteiger partial charge in [0.25, 0.3) is 0 Å². The van der Waals surface area contributed by atoms with Gasteiger partial charge in [0.1, 0.15) is 0 Å². The summed E-state index contributed by atoms with van der Waals surface area (Å²) >= 11 is 1.70. The van der Waals surface area contributed by atoms with Crippen molar-refractivity contribution in [1.29, 1.82) is 0 Å². The molecule has 0 atom stereocenters. The van der Waals surface area contributed by atoms with Crippen LogP contribution in [-0.4, -0.2) is 23.3 Å². The minimum Gasteiger partial charge on any atom is -0.282 e. The molecule has 1 aromatic heterocycles. The Morgan fingerprint density at radius 2 is 2.06 bits per heavy atom. The quantitative estimate of drug-likeness (QED) is 0.578.